The zero-order chi connectivity index (χ0) is 15.5. The highest BCUT2D eigenvalue weighted by molar-refractivity contribution is 9.10. The van der Waals surface area contributed by atoms with Gasteiger partial charge in [0.25, 0.3) is 0 Å². The van der Waals surface area contributed by atoms with Crippen LogP contribution >= 0.6 is 15.9 Å². The summed E-state index contributed by atoms with van der Waals surface area (Å²) in [6.45, 7) is 9.13. The quantitative estimate of drug-likeness (QED) is 0.883. The van der Waals surface area contributed by atoms with Gasteiger partial charge in [0, 0.05) is 0 Å². The molecule has 0 heterocycles. The monoisotopic (exact) mass is 342 g/mol. The molecule has 0 aliphatic rings. The number of ether oxygens (including phenoxy) is 1. The van der Waals surface area contributed by atoms with E-state index in [0.717, 1.165) is 5.56 Å². The van der Waals surface area contributed by atoms with Crippen molar-refractivity contribution in [2.75, 3.05) is 0 Å². The molecule has 1 aromatic carbocycles. The molecule has 0 saturated heterocycles. The molecule has 0 unspecified atom stereocenters. The molecule has 0 bridgehead atoms. The molecule has 0 radical (unpaired) electrons. The Kier molecular flexibility index (Phi) is 5.05. The molecule has 1 rings (SSSR count). The summed E-state index contributed by atoms with van der Waals surface area (Å²) in [5.74, 6) is 0.229. The van der Waals surface area contributed by atoms with Crippen LogP contribution in [0.3, 0.4) is 0 Å². The topological polar surface area (TPSA) is 75.8 Å². The number of hydrogen-bond donors (Lipinski definition) is 2. The van der Waals surface area contributed by atoms with Crippen LogP contribution in [0.25, 0.3) is 0 Å². The van der Waals surface area contributed by atoms with Gasteiger partial charge in [-0.1, -0.05) is 12.6 Å². The highest BCUT2D eigenvalue weighted by atomic mass is 79.9. The minimum atomic E-state index is -0.611. The summed E-state index contributed by atoms with van der Waals surface area (Å²) in [6.07, 6.45) is -0.561. The Morgan fingerprint density at radius 1 is 1.50 bits per heavy atom. The van der Waals surface area contributed by atoms with Crippen molar-refractivity contribution in [1.82, 2.24) is 4.90 Å². The van der Waals surface area contributed by atoms with Crippen molar-refractivity contribution in [2.45, 2.75) is 32.9 Å². The van der Waals surface area contributed by atoms with E-state index < -0.39 is 11.7 Å². The Labute approximate surface area is 127 Å². The molecule has 0 spiro atoms. The van der Waals surface area contributed by atoms with Gasteiger partial charge in [-0.05, 0) is 54.4 Å². The molecule has 5 nitrogen and oxygen atoms in total. The third kappa shape index (κ3) is 4.77. The Morgan fingerprint density at radius 2 is 2.10 bits per heavy atom. The van der Waals surface area contributed by atoms with Gasteiger partial charge in [-0.3, -0.25) is 4.90 Å². The number of rotatable bonds is 3. The van der Waals surface area contributed by atoms with E-state index in [0.29, 0.717) is 4.47 Å². The van der Waals surface area contributed by atoms with Gasteiger partial charge in [-0.25, -0.2) is 4.79 Å². The van der Waals surface area contributed by atoms with Gasteiger partial charge in [0.15, 0.2) is 0 Å². The van der Waals surface area contributed by atoms with Gasteiger partial charge in [0.1, 0.15) is 17.2 Å². The predicted octanol–water partition coefficient (Wildman–Crippen LogP) is 3.32. The highest BCUT2D eigenvalue weighted by Gasteiger charge is 2.23. The fourth-order valence-corrected chi connectivity index (χ4v) is 1.86. The lowest BCUT2D eigenvalue weighted by atomic mass is 10.2. The second kappa shape index (κ2) is 6.17. The molecule has 0 atom stereocenters. The van der Waals surface area contributed by atoms with E-state index in [-0.39, 0.29) is 18.1 Å². The van der Waals surface area contributed by atoms with Gasteiger partial charge >= 0.3 is 6.09 Å². The number of hydrogen-bond acceptors (Lipinski definition) is 4. The summed E-state index contributed by atoms with van der Waals surface area (Å²) < 4.78 is 5.82. The van der Waals surface area contributed by atoms with E-state index in [1.807, 2.05) is 0 Å². The van der Waals surface area contributed by atoms with Crippen molar-refractivity contribution in [3.63, 3.8) is 0 Å². The smallest absolute Gasteiger partial charge is 0.416 e. The normalized spacial score (nSPS) is 11.0. The zero-order valence-electron chi connectivity index (χ0n) is 11.8. The minimum Gasteiger partial charge on any atom is -0.507 e. The largest absolute Gasteiger partial charge is 0.507 e. The number of benzene rings is 1. The number of carbonyl (C=O) groups excluding carboxylic acids is 1. The van der Waals surface area contributed by atoms with Crippen LogP contribution in [0.1, 0.15) is 26.3 Å². The first-order valence-electron chi connectivity index (χ1n) is 6.02. The van der Waals surface area contributed by atoms with E-state index in [1.165, 1.54) is 11.0 Å². The first-order chi connectivity index (χ1) is 9.10. The van der Waals surface area contributed by atoms with Gasteiger partial charge in [-0.2, -0.15) is 0 Å². The molecule has 0 aromatic heterocycles. The van der Waals surface area contributed by atoms with E-state index in [9.17, 15) is 9.90 Å². The highest BCUT2D eigenvalue weighted by Crippen LogP contribution is 2.25. The molecule has 6 heteroatoms. The second-order valence-corrected chi connectivity index (χ2v) is 6.20. The number of halogens is 1. The lowest BCUT2D eigenvalue weighted by molar-refractivity contribution is 0.0299. The van der Waals surface area contributed by atoms with Crippen molar-refractivity contribution < 1.29 is 14.6 Å². The summed E-state index contributed by atoms with van der Waals surface area (Å²) in [6, 6.07) is 4.93. The predicted molar refractivity (Wildman–Crippen MR) is 80.9 cm³/mol. The molecule has 0 aliphatic carbocycles. The Hall–Kier alpha value is -1.69. The Bertz CT molecular complexity index is 524. The van der Waals surface area contributed by atoms with Crippen molar-refractivity contribution in [1.29, 1.82) is 0 Å². The van der Waals surface area contributed by atoms with Gasteiger partial charge < -0.3 is 15.6 Å². The van der Waals surface area contributed by atoms with Crippen LogP contribution in [0.2, 0.25) is 0 Å². The van der Waals surface area contributed by atoms with Crippen molar-refractivity contribution >= 4 is 22.0 Å². The van der Waals surface area contributed by atoms with Crippen molar-refractivity contribution in [3.05, 3.63) is 40.6 Å². The lowest BCUT2D eigenvalue weighted by Crippen LogP contribution is -2.37. The molecule has 1 aromatic rings. The summed E-state index contributed by atoms with van der Waals surface area (Å²) in [5, 5.41) is 9.45. The van der Waals surface area contributed by atoms with Crippen LogP contribution in [0.15, 0.2) is 35.1 Å². The molecular formula is C14H19BrN2O3. The molecule has 0 saturated carbocycles. The zero-order valence-corrected chi connectivity index (χ0v) is 13.4. The number of nitrogens with two attached hydrogens (primary N) is 1. The van der Waals surface area contributed by atoms with Crippen LogP contribution in [0.4, 0.5) is 4.79 Å². The Balaban J connectivity index is 2.90. The van der Waals surface area contributed by atoms with Gasteiger partial charge in [0.2, 0.25) is 0 Å². The number of phenolic OH excluding ortho intramolecular Hbond substituents is 1. The first-order valence-corrected chi connectivity index (χ1v) is 6.82. The fraction of sp³-hybridized carbons (Fsp3) is 0.357. The molecule has 0 fully saturated rings. The molecule has 0 aliphatic heterocycles. The van der Waals surface area contributed by atoms with Crippen LogP contribution in [0.5, 0.6) is 5.75 Å². The van der Waals surface area contributed by atoms with Gasteiger partial charge in [0.05, 0.1) is 11.0 Å². The summed E-state index contributed by atoms with van der Waals surface area (Å²) in [4.78, 5) is 13.3. The Morgan fingerprint density at radius 3 is 2.55 bits per heavy atom. The van der Waals surface area contributed by atoms with Crippen LogP contribution in [-0.2, 0) is 11.3 Å². The lowest BCUT2D eigenvalue weighted by Gasteiger charge is -2.27. The summed E-state index contributed by atoms with van der Waals surface area (Å²) in [7, 11) is 0. The third-order valence-electron chi connectivity index (χ3n) is 2.31. The molecular weight excluding hydrogens is 324 g/mol. The molecule has 1 amide bonds. The third-order valence-corrected chi connectivity index (χ3v) is 2.95. The maximum atomic E-state index is 12.1. The summed E-state index contributed by atoms with van der Waals surface area (Å²) in [5.41, 5.74) is 5.82. The SMILES string of the molecule is C=C(N)N(Cc1ccc(O)c(Br)c1)C(=O)OC(C)(C)C. The minimum absolute atomic E-state index is 0.100. The molecule has 3 N–H and O–H groups in total. The second-order valence-electron chi connectivity index (χ2n) is 5.34. The number of phenols is 1. The van der Waals surface area contributed by atoms with Crippen LogP contribution in [0, 0.1) is 0 Å². The average molecular weight is 343 g/mol. The number of nitrogens with zero attached hydrogens (tertiary/aromatic N) is 1. The fourth-order valence-electron chi connectivity index (χ4n) is 1.43. The van der Waals surface area contributed by atoms with E-state index in [4.69, 9.17) is 10.5 Å². The van der Waals surface area contributed by atoms with Crippen LogP contribution < -0.4 is 5.73 Å². The number of aromatic hydroxyl groups is 1. The van der Waals surface area contributed by atoms with E-state index >= 15 is 0 Å². The van der Waals surface area contributed by atoms with Crippen molar-refractivity contribution in [2.24, 2.45) is 5.73 Å². The number of amides is 1. The first kappa shape index (κ1) is 16.4. The summed E-state index contributed by atoms with van der Waals surface area (Å²) >= 11 is 3.22. The van der Waals surface area contributed by atoms with Crippen molar-refractivity contribution in [3.8, 4) is 5.75 Å². The van der Waals surface area contributed by atoms with E-state index in [1.54, 1.807) is 32.9 Å². The standard InChI is InChI=1S/C14H19BrN2O3/c1-9(16)17(13(19)20-14(2,3)4)8-10-5-6-12(18)11(15)7-10/h5-7,18H,1,8,16H2,2-4H3. The van der Waals surface area contributed by atoms with Gasteiger partial charge in [-0.15, -0.1) is 0 Å². The molecule has 20 heavy (non-hydrogen) atoms. The van der Waals surface area contributed by atoms with Crippen LogP contribution in [-0.4, -0.2) is 21.7 Å². The maximum Gasteiger partial charge on any atom is 0.416 e. The molecule has 110 valence electrons. The van der Waals surface area contributed by atoms with E-state index in [2.05, 4.69) is 22.5 Å². The number of carbonyl (C=O) groups is 1. The maximum absolute atomic E-state index is 12.1. The average Bonchev–Trinajstić information content (AvgIpc) is 2.27.